The molecule has 112 valence electrons. The Kier molecular flexibility index (Phi) is 3.60. The minimum atomic E-state index is -0.468. The van der Waals surface area contributed by atoms with Crippen LogP contribution in [-0.4, -0.2) is 23.3 Å². The standard InChI is InChI=1S/C16H17BN2O2S/c1-15(2)16(3,4)21-17(20-15)13-10-22-14(19-13)12-8-6-5-7-11(12)9-18/h5-8,10H,1-4H3. The number of hydrogen-bond acceptors (Lipinski definition) is 5. The second-order valence-corrected chi connectivity index (χ2v) is 7.18. The summed E-state index contributed by atoms with van der Waals surface area (Å²) in [6.45, 7) is 8.08. The predicted octanol–water partition coefficient (Wildman–Crippen LogP) is 2.98. The van der Waals surface area contributed by atoms with Gasteiger partial charge in [0.2, 0.25) is 0 Å². The largest absolute Gasteiger partial charge is 0.515 e. The molecule has 0 unspecified atom stereocenters. The second kappa shape index (κ2) is 5.20. The van der Waals surface area contributed by atoms with Crippen molar-refractivity contribution in [2.24, 2.45) is 0 Å². The van der Waals surface area contributed by atoms with Crippen LogP contribution in [0.4, 0.5) is 0 Å². The first kappa shape index (κ1) is 15.2. The van der Waals surface area contributed by atoms with Gasteiger partial charge in [-0.1, -0.05) is 18.2 Å². The topological polar surface area (TPSA) is 55.1 Å². The highest BCUT2D eigenvalue weighted by Crippen LogP contribution is 2.36. The fraction of sp³-hybridized carbons (Fsp3) is 0.375. The summed E-state index contributed by atoms with van der Waals surface area (Å²) in [5, 5.41) is 12.0. The predicted molar refractivity (Wildman–Crippen MR) is 88.0 cm³/mol. The van der Waals surface area contributed by atoms with E-state index in [0.717, 1.165) is 16.2 Å². The van der Waals surface area contributed by atoms with Crippen LogP contribution in [0.2, 0.25) is 0 Å². The minimum absolute atomic E-state index is 0.383. The summed E-state index contributed by atoms with van der Waals surface area (Å²) >= 11 is 1.50. The van der Waals surface area contributed by atoms with E-state index in [1.807, 2.05) is 51.3 Å². The highest BCUT2D eigenvalue weighted by Gasteiger charge is 2.52. The van der Waals surface area contributed by atoms with Crippen LogP contribution >= 0.6 is 11.3 Å². The molecule has 0 bridgehead atoms. The molecular formula is C16H17BN2O2S. The van der Waals surface area contributed by atoms with Gasteiger partial charge in [0.25, 0.3) is 0 Å². The number of aromatic nitrogens is 1. The van der Waals surface area contributed by atoms with E-state index < -0.39 is 7.12 Å². The van der Waals surface area contributed by atoms with Crippen LogP contribution in [0.5, 0.6) is 0 Å². The maximum atomic E-state index is 9.21. The van der Waals surface area contributed by atoms with E-state index in [0.29, 0.717) is 5.56 Å². The van der Waals surface area contributed by atoms with Crippen molar-refractivity contribution < 1.29 is 9.31 Å². The molecule has 0 radical (unpaired) electrons. The summed E-state index contributed by atoms with van der Waals surface area (Å²) in [4.78, 5) is 4.62. The molecule has 1 saturated heterocycles. The molecule has 1 aromatic heterocycles. The molecule has 0 N–H and O–H groups in total. The first-order valence-corrected chi connectivity index (χ1v) is 8.02. The average Bonchev–Trinajstić information content (AvgIpc) is 3.02. The van der Waals surface area contributed by atoms with Crippen molar-refractivity contribution in [1.29, 1.82) is 5.26 Å². The maximum Gasteiger partial charge on any atom is 0.515 e. The Bertz CT molecular complexity index is 733. The molecule has 0 amide bonds. The Morgan fingerprint density at radius 2 is 1.77 bits per heavy atom. The van der Waals surface area contributed by atoms with Gasteiger partial charge < -0.3 is 9.31 Å². The number of hydrogen-bond donors (Lipinski definition) is 0. The molecule has 22 heavy (non-hydrogen) atoms. The Labute approximate surface area is 134 Å². The monoisotopic (exact) mass is 312 g/mol. The van der Waals surface area contributed by atoms with Crippen LogP contribution in [0.15, 0.2) is 29.6 Å². The first-order valence-electron chi connectivity index (χ1n) is 7.15. The normalized spacial score (nSPS) is 19.1. The van der Waals surface area contributed by atoms with Gasteiger partial charge in [-0.05, 0) is 33.8 Å². The lowest BCUT2D eigenvalue weighted by Crippen LogP contribution is -2.41. The van der Waals surface area contributed by atoms with Crippen molar-refractivity contribution in [3.8, 4) is 16.6 Å². The van der Waals surface area contributed by atoms with Crippen LogP contribution in [0.3, 0.4) is 0 Å². The fourth-order valence-electron chi connectivity index (χ4n) is 2.25. The van der Waals surface area contributed by atoms with E-state index in [1.54, 1.807) is 6.07 Å². The highest BCUT2D eigenvalue weighted by atomic mass is 32.1. The number of rotatable bonds is 2. The first-order chi connectivity index (χ1) is 10.3. The van der Waals surface area contributed by atoms with E-state index in [4.69, 9.17) is 9.31 Å². The van der Waals surface area contributed by atoms with Gasteiger partial charge in [0.05, 0.1) is 28.4 Å². The quantitative estimate of drug-likeness (QED) is 0.800. The fourth-order valence-corrected chi connectivity index (χ4v) is 3.11. The molecule has 2 heterocycles. The Morgan fingerprint density at radius 3 is 2.41 bits per heavy atom. The van der Waals surface area contributed by atoms with Gasteiger partial charge in [-0.25, -0.2) is 4.98 Å². The molecule has 1 aliphatic heterocycles. The van der Waals surface area contributed by atoms with E-state index in [9.17, 15) is 5.26 Å². The van der Waals surface area contributed by atoms with Crippen LogP contribution in [0.1, 0.15) is 33.3 Å². The number of benzene rings is 1. The molecule has 6 heteroatoms. The van der Waals surface area contributed by atoms with E-state index in [2.05, 4.69) is 11.1 Å². The summed E-state index contributed by atoms with van der Waals surface area (Å²) in [6.07, 6.45) is 0. The zero-order chi connectivity index (χ0) is 16.0. The molecule has 0 saturated carbocycles. The maximum absolute atomic E-state index is 9.21. The van der Waals surface area contributed by atoms with Crippen molar-refractivity contribution in [2.75, 3.05) is 0 Å². The minimum Gasteiger partial charge on any atom is -0.398 e. The Hall–Kier alpha value is -1.68. The number of nitrogens with zero attached hydrogens (tertiary/aromatic N) is 2. The van der Waals surface area contributed by atoms with Gasteiger partial charge in [-0.2, -0.15) is 5.26 Å². The lowest BCUT2D eigenvalue weighted by Gasteiger charge is -2.32. The van der Waals surface area contributed by atoms with E-state index in [-0.39, 0.29) is 11.2 Å². The molecule has 1 aromatic carbocycles. The molecular weight excluding hydrogens is 295 g/mol. The van der Waals surface area contributed by atoms with Crippen molar-refractivity contribution in [3.63, 3.8) is 0 Å². The SMILES string of the molecule is CC1(C)OB(c2csc(-c3ccccc3C#N)n2)OC1(C)C. The molecule has 0 spiro atoms. The zero-order valence-corrected chi connectivity index (χ0v) is 13.9. The van der Waals surface area contributed by atoms with Crippen molar-refractivity contribution in [1.82, 2.24) is 4.98 Å². The Balaban J connectivity index is 1.92. The third kappa shape index (κ3) is 2.46. The Morgan fingerprint density at radius 1 is 1.14 bits per heavy atom. The molecule has 3 rings (SSSR count). The zero-order valence-electron chi connectivity index (χ0n) is 13.1. The smallest absolute Gasteiger partial charge is 0.398 e. The van der Waals surface area contributed by atoms with Gasteiger partial charge in [-0.3, -0.25) is 0 Å². The summed E-state index contributed by atoms with van der Waals surface area (Å²) in [7, 11) is -0.468. The van der Waals surface area contributed by atoms with Crippen molar-refractivity contribution in [2.45, 2.75) is 38.9 Å². The van der Waals surface area contributed by atoms with Gasteiger partial charge in [0.1, 0.15) is 5.01 Å². The molecule has 1 fully saturated rings. The lowest BCUT2D eigenvalue weighted by molar-refractivity contribution is 0.00578. The van der Waals surface area contributed by atoms with Crippen LogP contribution < -0.4 is 5.59 Å². The number of nitriles is 1. The molecule has 1 aliphatic rings. The van der Waals surface area contributed by atoms with Gasteiger partial charge in [0, 0.05) is 10.9 Å². The van der Waals surface area contributed by atoms with Gasteiger partial charge >= 0.3 is 7.12 Å². The van der Waals surface area contributed by atoms with Crippen LogP contribution in [0.25, 0.3) is 10.6 Å². The average molecular weight is 312 g/mol. The summed E-state index contributed by atoms with van der Waals surface area (Å²) in [5.41, 5.74) is 1.46. The molecule has 2 aromatic rings. The lowest BCUT2D eigenvalue weighted by atomic mass is 9.86. The van der Waals surface area contributed by atoms with Gasteiger partial charge in [-0.15, -0.1) is 11.3 Å². The highest BCUT2D eigenvalue weighted by molar-refractivity contribution is 7.14. The van der Waals surface area contributed by atoms with Crippen molar-refractivity contribution >= 4 is 24.0 Å². The molecule has 4 nitrogen and oxygen atoms in total. The van der Waals surface area contributed by atoms with Gasteiger partial charge in [0.15, 0.2) is 0 Å². The molecule has 0 aliphatic carbocycles. The third-order valence-electron chi connectivity index (χ3n) is 4.29. The third-order valence-corrected chi connectivity index (χ3v) is 5.19. The summed E-state index contributed by atoms with van der Waals surface area (Å²) in [5.74, 6) is 0. The van der Waals surface area contributed by atoms with Crippen LogP contribution in [0, 0.1) is 11.3 Å². The molecule has 0 atom stereocenters. The summed E-state index contributed by atoms with van der Waals surface area (Å²) in [6, 6.07) is 9.67. The number of thiazole rings is 1. The van der Waals surface area contributed by atoms with Crippen molar-refractivity contribution in [3.05, 3.63) is 35.2 Å². The van der Waals surface area contributed by atoms with E-state index in [1.165, 1.54) is 11.3 Å². The second-order valence-electron chi connectivity index (χ2n) is 6.32. The van der Waals surface area contributed by atoms with Crippen LogP contribution in [-0.2, 0) is 9.31 Å². The summed E-state index contributed by atoms with van der Waals surface area (Å²) < 4.78 is 12.0. The van der Waals surface area contributed by atoms with E-state index >= 15 is 0 Å².